The van der Waals surface area contributed by atoms with E-state index in [2.05, 4.69) is 15.3 Å². The van der Waals surface area contributed by atoms with Crippen LogP contribution in [-0.2, 0) is 11.3 Å². The molecule has 0 saturated heterocycles. The summed E-state index contributed by atoms with van der Waals surface area (Å²) in [6.45, 7) is 0.402. The molecule has 1 saturated carbocycles. The second-order valence-corrected chi connectivity index (χ2v) is 5.27. The highest BCUT2D eigenvalue weighted by Gasteiger charge is 2.29. The molecule has 1 heterocycles. The molecule has 2 aromatic rings. The number of hydrogen-bond acceptors (Lipinski definition) is 2. The first-order chi connectivity index (χ1) is 8.63. The van der Waals surface area contributed by atoms with Crippen LogP contribution >= 0.6 is 23.2 Å². The van der Waals surface area contributed by atoms with Crippen molar-refractivity contribution in [2.75, 3.05) is 0 Å². The summed E-state index contributed by atoms with van der Waals surface area (Å²) >= 11 is 11.8. The number of rotatable bonds is 3. The van der Waals surface area contributed by atoms with E-state index in [9.17, 15) is 4.79 Å². The molecular formula is C12H11Cl2N3O. The molecule has 3 rings (SSSR count). The summed E-state index contributed by atoms with van der Waals surface area (Å²) in [6.07, 6.45) is 1.99. The largest absolute Gasteiger partial charge is 0.349 e. The molecule has 0 unspecified atom stereocenters. The van der Waals surface area contributed by atoms with Gasteiger partial charge in [0.05, 0.1) is 27.6 Å². The van der Waals surface area contributed by atoms with Gasteiger partial charge >= 0.3 is 0 Å². The lowest BCUT2D eigenvalue weighted by Crippen LogP contribution is -2.24. The van der Waals surface area contributed by atoms with Crippen LogP contribution in [0.25, 0.3) is 11.0 Å². The smallest absolute Gasteiger partial charge is 0.223 e. The van der Waals surface area contributed by atoms with E-state index < -0.39 is 0 Å². The van der Waals surface area contributed by atoms with Gasteiger partial charge in [-0.15, -0.1) is 0 Å². The van der Waals surface area contributed by atoms with Gasteiger partial charge in [0.25, 0.3) is 0 Å². The maximum absolute atomic E-state index is 11.5. The van der Waals surface area contributed by atoms with Gasteiger partial charge in [-0.25, -0.2) is 4.98 Å². The maximum atomic E-state index is 11.5. The van der Waals surface area contributed by atoms with Gasteiger partial charge in [0, 0.05) is 5.92 Å². The first kappa shape index (κ1) is 11.8. The van der Waals surface area contributed by atoms with Crippen LogP contribution in [0.4, 0.5) is 0 Å². The molecule has 1 aliphatic carbocycles. The first-order valence-corrected chi connectivity index (χ1v) is 6.50. The summed E-state index contributed by atoms with van der Waals surface area (Å²) in [7, 11) is 0. The van der Waals surface area contributed by atoms with Gasteiger partial charge < -0.3 is 10.3 Å². The van der Waals surface area contributed by atoms with Crippen LogP contribution in [0.5, 0.6) is 0 Å². The fraction of sp³-hybridized carbons (Fsp3) is 0.333. The Kier molecular flexibility index (Phi) is 2.92. The fourth-order valence-electron chi connectivity index (χ4n) is 1.80. The molecule has 6 heteroatoms. The Morgan fingerprint density at radius 2 is 2.11 bits per heavy atom. The van der Waals surface area contributed by atoms with Crippen molar-refractivity contribution in [3.05, 3.63) is 28.0 Å². The third-order valence-electron chi connectivity index (χ3n) is 2.95. The SMILES string of the molecule is O=C(NCc1nc2cc(Cl)c(Cl)cc2[nH]1)C1CC1. The lowest BCUT2D eigenvalue weighted by atomic mass is 10.3. The van der Waals surface area contributed by atoms with Crippen LogP contribution in [0.15, 0.2) is 12.1 Å². The highest BCUT2D eigenvalue weighted by Crippen LogP contribution is 2.29. The Balaban J connectivity index is 1.78. The Morgan fingerprint density at radius 3 is 2.83 bits per heavy atom. The molecule has 1 aromatic heterocycles. The highest BCUT2D eigenvalue weighted by atomic mass is 35.5. The zero-order chi connectivity index (χ0) is 12.7. The van der Waals surface area contributed by atoms with Gasteiger partial charge in [0.15, 0.2) is 0 Å². The van der Waals surface area contributed by atoms with Gasteiger partial charge in [-0.05, 0) is 25.0 Å². The van der Waals surface area contributed by atoms with Crippen molar-refractivity contribution in [1.82, 2.24) is 15.3 Å². The molecule has 0 radical (unpaired) electrons. The number of nitrogens with zero attached hydrogens (tertiary/aromatic N) is 1. The summed E-state index contributed by atoms with van der Waals surface area (Å²) in [5.74, 6) is 1.02. The first-order valence-electron chi connectivity index (χ1n) is 5.75. The van der Waals surface area contributed by atoms with E-state index in [0.29, 0.717) is 22.4 Å². The summed E-state index contributed by atoms with van der Waals surface area (Å²) in [4.78, 5) is 19.0. The monoisotopic (exact) mass is 283 g/mol. The second-order valence-electron chi connectivity index (χ2n) is 4.46. The lowest BCUT2D eigenvalue weighted by molar-refractivity contribution is -0.122. The third-order valence-corrected chi connectivity index (χ3v) is 3.67. The van der Waals surface area contributed by atoms with Crippen molar-refractivity contribution < 1.29 is 4.79 Å². The van der Waals surface area contributed by atoms with Crippen LogP contribution < -0.4 is 5.32 Å². The standard InChI is InChI=1S/C12H11Cl2N3O/c13-7-3-9-10(4-8(7)14)17-11(16-9)5-15-12(18)6-1-2-6/h3-4,6H,1-2,5H2,(H,15,18)(H,16,17). The minimum atomic E-state index is 0.103. The molecule has 4 nitrogen and oxygen atoms in total. The number of fused-ring (bicyclic) bond motifs is 1. The number of carbonyl (C=O) groups is 1. The fourth-order valence-corrected chi connectivity index (χ4v) is 2.12. The molecule has 0 bridgehead atoms. The van der Waals surface area contributed by atoms with E-state index in [1.54, 1.807) is 12.1 Å². The molecule has 1 aromatic carbocycles. The molecule has 0 aliphatic heterocycles. The molecule has 18 heavy (non-hydrogen) atoms. The highest BCUT2D eigenvalue weighted by molar-refractivity contribution is 6.42. The van der Waals surface area contributed by atoms with Crippen molar-refractivity contribution >= 4 is 40.1 Å². The third kappa shape index (κ3) is 2.31. The average molecular weight is 284 g/mol. The van der Waals surface area contributed by atoms with E-state index in [1.807, 2.05) is 0 Å². The molecule has 0 atom stereocenters. The zero-order valence-electron chi connectivity index (χ0n) is 9.46. The Morgan fingerprint density at radius 1 is 1.39 bits per heavy atom. The Bertz CT molecular complexity index is 580. The molecule has 1 aliphatic rings. The van der Waals surface area contributed by atoms with Crippen molar-refractivity contribution in [2.24, 2.45) is 5.92 Å². The van der Waals surface area contributed by atoms with Crippen molar-refractivity contribution in [3.63, 3.8) is 0 Å². The Hall–Kier alpha value is -1.26. The summed E-state index contributed by atoms with van der Waals surface area (Å²) in [5, 5.41) is 3.82. The zero-order valence-corrected chi connectivity index (χ0v) is 11.0. The molecule has 94 valence electrons. The average Bonchev–Trinajstić information content (AvgIpc) is 3.10. The number of amides is 1. The number of halogens is 2. The predicted octanol–water partition coefficient (Wildman–Crippen LogP) is 2.90. The molecule has 1 amide bonds. The van der Waals surface area contributed by atoms with Crippen LogP contribution in [0.1, 0.15) is 18.7 Å². The van der Waals surface area contributed by atoms with E-state index >= 15 is 0 Å². The van der Waals surface area contributed by atoms with Crippen molar-refractivity contribution in [1.29, 1.82) is 0 Å². The molecule has 1 fully saturated rings. The number of aromatic nitrogens is 2. The van der Waals surface area contributed by atoms with Gasteiger partial charge in [0.2, 0.25) is 5.91 Å². The van der Waals surface area contributed by atoms with Crippen molar-refractivity contribution in [3.8, 4) is 0 Å². The van der Waals surface area contributed by atoms with Gasteiger partial charge in [0.1, 0.15) is 5.82 Å². The van der Waals surface area contributed by atoms with Crippen LogP contribution in [-0.4, -0.2) is 15.9 Å². The number of aromatic amines is 1. The minimum absolute atomic E-state index is 0.103. The van der Waals surface area contributed by atoms with E-state index in [-0.39, 0.29) is 11.8 Å². The predicted molar refractivity (Wildman–Crippen MR) is 70.7 cm³/mol. The topological polar surface area (TPSA) is 57.8 Å². The number of imidazole rings is 1. The molecular weight excluding hydrogens is 273 g/mol. The van der Waals surface area contributed by atoms with Crippen LogP contribution in [0, 0.1) is 5.92 Å². The van der Waals surface area contributed by atoms with E-state index in [4.69, 9.17) is 23.2 Å². The summed E-state index contributed by atoms with van der Waals surface area (Å²) < 4.78 is 0. The Labute approximate surface area is 114 Å². The maximum Gasteiger partial charge on any atom is 0.223 e. The van der Waals surface area contributed by atoms with Gasteiger partial charge in [-0.2, -0.15) is 0 Å². The molecule has 2 N–H and O–H groups in total. The lowest BCUT2D eigenvalue weighted by Gasteiger charge is -2.00. The number of hydrogen-bond donors (Lipinski definition) is 2. The normalized spacial score (nSPS) is 15.0. The van der Waals surface area contributed by atoms with E-state index in [0.717, 1.165) is 23.9 Å². The minimum Gasteiger partial charge on any atom is -0.349 e. The quantitative estimate of drug-likeness (QED) is 0.910. The number of benzene rings is 1. The summed E-state index contributed by atoms with van der Waals surface area (Å²) in [6, 6.07) is 3.44. The molecule has 0 spiro atoms. The van der Waals surface area contributed by atoms with Crippen molar-refractivity contribution in [2.45, 2.75) is 19.4 Å². The summed E-state index contributed by atoms with van der Waals surface area (Å²) in [5.41, 5.74) is 1.57. The van der Waals surface area contributed by atoms with E-state index in [1.165, 1.54) is 0 Å². The van der Waals surface area contributed by atoms with Crippen LogP contribution in [0.3, 0.4) is 0 Å². The van der Waals surface area contributed by atoms with Gasteiger partial charge in [-0.1, -0.05) is 23.2 Å². The number of H-pyrrole nitrogens is 1. The van der Waals surface area contributed by atoms with Gasteiger partial charge in [-0.3, -0.25) is 4.79 Å². The number of nitrogens with one attached hydrogen (secondary N) is 2. The number of carbonyl (C=O) groups excluding carboxylic acids is 1. The second kappa shape index (κ2) is 4.44. The van der Waals surface area contributed by atoms with Crippen LogP contribution in [0.2, 0.25) is 10.0 Å².